The van der Waals surface area contributed by atoms with Crippen LogP contribution in [0, 0.1) is 0 Å². The van der Waals surface area contributed by atoms with Crippen LogP contribution in [-0.4, -0.2) is 23.6 Å². The summed E-state index contributed by atoms with van der Waals surface area (Å²) in [5, 5.41) is 9.37. The first-order valence-electron chi connectivity index (χ1n) is 6.12. The summed E-state index contributed by atoms with van der Waals surface area (Å²) < 4.78 is 5.87. The van der Waals surface area contributed by atoms with E-state index in [1.807, 2.05) is 30.3 Å². The Bertz CT molecular complexity index is 351. The van der Waals surface area contributed by atoms with Crippen LogP contribution < -0.4 is 0 Å². The molecule has 1 unspecified atom stereocenters. The zero-order valence-corrected chi connectivity index (χ0v) is 9.84. The largest absolute Gasteiger partial charge is 0.393 e. The van der Waals surface area contributed by atoms with Crippen molar-refractivity contribution in [3.8, 4) is 0 Å². The molecule has 1 aromatic carbocycles. The minimum absolute atomic E-state index is 0.0194. The number of hydrogen-bond acceptors (Lipinski definition) is 3. The second-order valence-corrected chi connectivity index (χ2v) is 4.46. The summed E-state index contributed by atoms with van der Waals surface area (Å²) >= 11 is 0. The van der Waals surface area contributed by atoms with Crippen molar-refractivity contribution in [3.05, 3.63) is 35.9 Å². The lowest BCUT2D eigenvalue weighted by Crippen LogP contribution is -2.24. The summed E-state index contributed by atoms with van der Waals surface area (Å²) in [5.41, 5.74) is 0.993. The van der Waals surface area contributed by atoms with Crippen LogP contribution in [0.3, 0.4) is 0 Å². The van der Waals surface area contributed by atoms with Crippen LogP contribution in [0.5, 0.6) is 0 Å². The van der Waals surface area contributed by atoms with E-state index in [4.69, 9.17) is 4.74 Å². The smallest absolute Gasteiger partial charge is 0.133 e. The Kier molecular flexibility index (Phi) is 4.29. The zero-order chi connectivity index (χ0) is 12.1. The standard InChI is InChI=1S/C14H18O3/c15-10-14(11-4-2-1-3-5-11)17-13-8-6-12(16)7-9-13/h1-5,13-15H,6-10H2. The highest BCUT2D eigenvalue weighted by Gasteiger charge is 2.22. The Morgan fingerprint density at radius 3 is 2.47 bits per heavy atom. The van der Waals surface area contributed by atoms with Gasteiger partial charge in [0.15, 0.2) is 0 Å². The molecule has 92 valence electrons. The average Bonchev–Trinajstić information content (AvgIpc) is 2.39. The first-order chi connectivity index (χ1) is 8.29. The summed E-state index contributed by atoms with van der Waals surface area (Å²) in [4.78, 5) is 11.1. The molecule has 17 heavy (non-hydrogen) atoms. The number of rotatable bonds is 4. The summed E-state index contributed by atoms with van der Waals surface area (Å²) in [6.07, 6.45) is 2.61. The molecule has 3 heteroatoms. The summed E-state index contributed by atoms with van der Waals surface area (Å²) in [5.74, 6) is 0.324. The topological polar surface area (TPSA) is 46.5 Å². The molecule has 0 heterocycles. The maximum atomic E-state index is 11.1. The number of carbonyl (C=O) groups is 1. The van der Waals surface area contributed by atoms with E-state index in [2.05, 4.69) is 0 Å². The Balaban J connectivity index is 1.94. The van der Waals surface area contributed by atoms with E-state index in [1.54, 1.807) is 0 Å². The molecular formula is C14H18O3. The van der Waals surface area contributed by atoms with E-state index in [-0.39, 0.29) is 18.8 Å². The van der Waals surface area contributed by atoms with Crippen molar-refractivity contribution in [2.75, 3.05) is 6.61 Å². The van der Waals surface area contributed by atoms with E-state index >= 15 is 0 Å². The number of hydrogen-bond donors (Lipinski definition) is 1. The highest BCUT2D eigenvalue weighted by Crippen LogP contribution is 2.25. The van der Waals surface area contributed by atoms with Crippen molar-refractivity contribution < 1.29 is 14.6 Å². The lowest BCUT2D eigenvalue weighted by molar-refractivity contribution is -0.125. The highest BCUT2D eigenvalue weighted by atomic mass is 16.5. The summed E-state index contributed by atoms with van der Waals surface area (Å²) in [7, 11) is 0. The third kappa shape index (κ3) is 3.38. The molecule has 1 fully saturated rings. The Labute approximate surface area is 101 Å². The van der Waals surface area contributed by atoms with Crippen LogP contribution in [0.4, 0.5) is 0 Å². The van der Waals surface area contributed by atoms with Crippen LogP contribution in [0.25, 0.3) is 0 Å². The number of aliphatic hydroxyl groups excluding tert-OH is 1. The number of ether oxygens (including phenoxy) is 1. The van der Waals surface area contributed by atoms with Crippen LogP contribution in [0.1, 0.15) is 37.4 Å². The lowest BCUT2D eigenvalue weighted by atomic mass is 9.96. The first-order valence-corrected chi connectivity index (χ1v) is 6.12. The molecule has 0 amide bonds. The second-order valence-electron chi connectivity index (χ2n) is 4.46. The molecule has 1 saturated carbocycles. The fraction of sp³-hybridized carbons (Fsp3) is 0.500. The minimum Gasteiger partial charge on any atom is -0.393 e. The number of ketones is 1. The lowest BCUT2D eigenvalue weighted by Gasteiger charge is -2.26. The van der Waals surface area contributed by atoms with Crippen LogP contribution in [0.2, 0.25) is 0 Å². The Hall–Kier alpha value is -1.19. The van der Waals surface area contributed by atoms with E-state index in [9.17, 15) is 9.90 Å². The fourth-order valence-electron chi connectivity index (χ4n) is 2.18. The molecule has 1 aromatic rings. The molecule has 1 N–H and O–H groups in total. The van der Waals surface area contributed by atoms with Crippen molar-refractivity contribution in [2.45, 2.75) is 37.9 Å². The van der Waals surface area contributed by atoms with E-state index < -0.39 is 0 Å². The van der Waals surface area contributed by atoms with Gasteiger partial charge in [0.05, 0.1) is 12.7 Å². The molecule has 3 nitrogen and oxygen atoms in total. The molecule has 0 saturated heterocycles. The van der Waals surface area contributed by atoms with Gasteiger partial charge in [0.1, 0.15) is 11.9 Å². The maximum absolute atomic E-state index is 11.1. The van der Waals surface area contributed by atoms with Crippen molar-refractivity contribution in [1.29, 1.82) is 0 Å². The molecule has 0 spiro atoms. The van der Waals surface area contributed by atoms with Crippen molar-refractivity contribution in [3.63, 3.8) is 0 Å². The molecular weight excluding hydrogens is 216 g/mol. The van der Waals surface area contributed by atoms with Gasteiger partial charge < -0.3 is 9.84 Å². The van der Waals surface area contributed by atoms with Crippen LogP contribution >= 0.6 is 0 Å². The van der Waals surface area contributed by atoms with Crippen molar-refractivity contribution >= 4 is 5.78 Å². The Morgan fingerprint density at radius 1 is 1.24 bits per heavy atom. The number of benzene rings is 1. The number of Topliss-reactive ketones (excluding diaryl/α,β-unsaturated/α-hetero) is 1. The van der Waals surface area contributed by atoms with Gasteiger partial charge in [-0.15, -0.1) is 0 Å². The normalized spacial score (nSPS) is 19.2. The van der Waals surface area contributed by atoms with Crippen LogP contribution in [-0.2, 0) is 9.53 Å². The molecule has 0 bridgehead atoms. The van der Waals surface area contributed by atoms with Crippen LogP contribution in [0.15, 0.2) is 30.3 Å². The van der Waals surface area contributed by atoms with Gasteiger partial charge in [0, 0.05) is 12.8 Å². The zero-order valence-electron chi connectivity index (χ0n) is 9.84. The van der Waals surface area contributed by atoms with E-state index in [1.165, 1.54) is 0 Å². The fourth-order valence-corrected chi connectivity index (χ4v) is 2.18. The molecule has 0 aromatic heterocycles. The summed E-state index contributed by atoms with van der Waals surface area (Å²) in [6.45, 7) is -0.0194. The third-order valence-corrected chi connectivity index (χ3v) is 3.18. The van der Waals surface area contributed by atoms with Crippen molar-refractivity contribution in [1.82, 2.24) is 0 Å². The van der Waals surface area contributed by atoms with Crippen molar-refractivity contribution in [2.24, 2.45) is 0 Å². The first kappa shape index (κ1) is 12.3. The predicted octanol–water partition coefficient (Wildman–Crippen LogP) is 2.25. The maximum Gasteiger partial charge on any atom is 0.133 e. The molecule has 0 radical (unpaired) electrons. The van der Waals surface area contributed by atoms with Gasteiger partial charge in [0.2, 0.25) is 0 Å². The second kappa shape index (κ2) is 5.94. The van der Waals surface area contributed by atoms with Gasteiger partial charge in [-0.2, -0.15) is 0 Å². The number of carbonyl (C=O) groups excluding carboxylic acids is 1. The SMILES string of the molecule is O=C1CCC(OC(CO)c2ccccc2)CC1. The van der Waals surface area contributed by atoms with Gasteiger partial charge >= 0.3 is 0 Å². The molecule has 1 atom stereocenters. The molecule has 1 aliphatic carbocycles. The number of aliphatic hydroxyl groups is 1. The molecule has 1 aliphatic rings. The molecule has 2 rings (SSSR count). The Morgan fingerprint density at radius 2 is 1.88 bits per heavy atom. The van der Waals surface area contributed by atoms with Gasteiger partial charge in [-0.05, 0) is 18.4 Å². The average molecular weight is 234 g/mol. The van der Waals surface area contributed by atoms with Gasteiger partial charge in [-0.3, -0.25) is 4.79 Å². The highest BCUT2D eigenvalue weighted by molar-refractivity contribution is 5.79. The third-order valence-electron chi connectivity index (χ3n) is 3.18. The molecule has 0 aliphatic heterocycles. The quantitative estimate of drug-likeness (QED) is 0.869. The predicted molar refractivity (Wildman–Crippen MR) is 64.6 cm³/mol. The van der Waals surface area contributed by atoms with Gasteiger partial charge in [0.25, 0.3) is 0 Å². The van der Waals surface area contributed by atoms with Gasteiger partial charge in [-0.25, -0.2) is 0 Å². The minimum atomic E-state index is -0.269. The van der Waals surface area contributed by atoms with E-state index in [0.717, 1.165) is 18.4 Å². The summed E-state index contributed by atoms with van der Waals surface area (Å²) in [6, 6.07) is 9.72. The monoisotopic (exact) mass is 234 g/mol. The van der Waals surface area contributed by atoms with Gasteiger partial charge in [-0.1, -0.05) is 30.3 Å². The van der Waals surface area contributed by atoms with E-state index in [0.29, 0.717) is 18.6 Å².